The molecule has 0 aliphatic carbocycles. The minimum atomic E-state index is -0.572. The van der Waals surface area contributed by atoms with Gasteiger partial charge < -0.3 is 21.7 Å². The molecule has 5 N–H and O–H groups in total. The lowest BCUT2D eigenvalue weighted by atomic mass is 10.1. The first-order chi connectivity index (χ1) is 10.7. The number of amides is 2. The van der Waals surface area contributed by atoms with Crippen molar-refractivity contribution in [1.82, 2.24) is 16.0 Å². The van der Waals surface area contributed by atoms with Gasteiger partial charge in [-0.25, -0.2) is 0 Å². The van der Waals surface area contributed by atoms with Gasteiger partial charge in [0.1, 0.15) is 0 Å². The Kier molecular flexibility index (Phi) is 6.56. The van der Waals surface area contributed by atoms with E-state index in [4.69, 9.17) is 5.73 Å². The lowest BCUT2D eigenvalue weighted by molar-refractivity contribution is -0.117. The molecule has 1 aromatic rings. The molecule has 0 spiro atoms. The van der Waals surface area contributed by atoms with E-state index in [1.165, 1.54) is 0 Å². The van der Waals surface area contributed by atoms with E-state index in [-0.39, 0.29) is 18.0 Å². The third-order valence-electron chi connectivity index (χ3n) is 2.82. The Morgan fingerprint density at radius 1 is 1.13 bits per heavy atom. The molecule has 0 heterocycles. The van der Waals surface area contributed by atoms with Crippen molar-refractivity contribution in [2.45, 2.75) is 32.9 Å². The minimum Gasteiger partial charge on any atom is -0.368 e. The SMILES string of the molecule is CN=C(NCc1ccc(C(=O)NCC(N)=O)cc1)NC(C)(C)C. The fourth-order valence-electron chi connectivity index (χ4n) is 1.76. The number of primary amides is 1. The van der Waals surface area contributed by atoms with Crippen LogP contribution in [0.5, 0.6) is 0 Å². The number of hydrogen-bond acceptors (Lipinski definition) is 3. The molecule has 1 rings (SSSR count). The van der Waals surface area contributed by atoms with E-state index in [1.54, 1.807) is 19.2 Å². The topological polar surface area (TPSA) is 109 Å². The number of nitrogens with two attached hydrogens (primary N) is 1. The normalized spacial score (nSPS) is 11.7. The number of carbonyl (C=O) groups excluding carboxylic acids is 2. The zero-order valence-corrected chi connectivity index (χ0v) is 14.1. The molecule has 23 heavy (non-hydrogen) atoms. The molecular weight excluding hydrogens is 294 g/mol. The van der Waals surface area contributed by atoms with Crippen LogP contribution < -0.4 is 21.7 Å². The lowest BCUT2D eigenvalue weighted by Crippen LogP contribution is -2.47. The number of rotatable bonds is 5. The van der Waals surface area contributed by atoms with Crippen molar-refractivity contribution in [1.29, 1.82) is 0 Å². The predicted octanol–water partition coefficient (Wildman–Crippen LogP) is 0.365. The van der Waals surface area contributed by atoms with E-state index in [1.807, 2.05) is 12.1 Å². The fourth-order valence-corrected chi connectivity index (χ4v) is 1.76. The summed E-state index contributed by atoms with van der Waals surface area (Å²) >= 11 is 0. The van der Waals surface area contributed by atoms with Gasteiger partial charge in [0.15, 0.2) is 5.96 Å². The predicted molar refractivity (Wildman–Crippen MR) is 91.1 cm³/mol. The summed E-state index contributed by atoms with van der Waals surface area (Å²) in [6.45, 7) is 6.58. The van der Waals surface area contributed by atoms with Gasteiger partial charge in [-0.1, -0.05) is 12.1 Å². The summed E-state index contributed by atoms with van der Waals surface area (Å²) in [6, 6.07) is 7.09. The van der Waals surface area contributed by atoms with Crippen molar-refractivity contribution >= 4 is 17.8 Å². The van der Waals surface area contributed by atoms with Gasteiger partial charge in [-0.2, -0.15) is 0 Å². The quantitative estimate of drug-likeness (QED) is 0.464. The van der Waals surface area contributed by atoms with Crippen LogP contribution in [0, 0.1) is 0 Å². The van der Waals surface area contributed by atoms with Crippen LogP contribution in [-0.4, -0.2) is 36.9 Å². The maximum Gasteiger partial charge on any atom is 0.251 e. The Morgan fingerprint density at radius 3 is 2.22 bits per heavy atom. The molecule has 126 valence electrons. The van der Waals surface area contributed by atoms with Gasteiger partial charge in [0.25, 0.3) is 5.91 Å². The summed E-state index contributed by atoms with van der Waals surface area (Å²) in [5, 5.41) is 8.92. The van der Waals surface area contributed by atoms with Crippen molar-refractivity contribution in [2.24, 2.45) is 10.7 Å². The first kappa shape index (κ1) is 18.5. The molecule has 0 fully saturated rings. The third-order valence-corrected chi connectivity index (χ3v) is 2.82. The summed E-state index contributed by atoms with van der Waals surface area (Å²) in [4.78, 5) is 26.6. The summed E-state index contributed by atoms with van der Waals surface area (Å²) in [7, 11) is 1.72. The average Bonchev–Trinajstić information content (AvgIpc) is 2.48. The number of nitrogens with zero attached hydrogens (tertiary/aromatic N) is 1. The highest BCUT2D eigenvalue weighted by molar-refractivity contribution is 5.96. The van der Waals surface area contributed by atoms with E-state index < -0.39 is 5.91 Å². The molecular formula is C16H25N5O2. The number of nitrogens with one attached hydrogen (secondary N) is 3. The molecule has 0 unspecified atom stereocenters. The van der Waals surface area contributed by atoms with Crippen molar-refractivity contribution < 1.29 is 9.59 Å². The molecule has 1 aromatic carbocycles. The Labute approximate surface area is 136 Å². The highest BCUT2D eigenvalue weighted by atomic mass is 16.2. The monoisotopic (exact) mass is 319 g/mol. The van der Waals surface area contributed by atoms with E-state index in [0.717, 1.165) is 5.56 Å². The summed E-state index contributed by atoms with van der Waals surface area (Å²) in [5.41, 5.74) is 6.40. The fraction of sp³-hybridized carbons (Fsp3) is 0.438. The van der Waals surface area contributed by atoms with Gasteiger partial charge in [-0.05, 0) is 38.5 Å². The summed E-state index contributed by atoms with van der Waals surface area (Å²) in [5.74, 6) is -0.189. The van der Waals surface area contributed by atoms with Crippen LogP contribution in [0.2, 0.25) is 0 Å². The molecule has 2 amide bonds. The smallest absolute Gasteiger partial charge is 0.251 e. The number of hydrogen-bond donors (Lipinski definition) is 4. The Morgan fingerprint density at radius 2 is 1.74 bits per heavy atom. The molecule has 7 heteroatoms. The van der Waals surface area contributed by atoms with Gasteiger partial charge in [0.05, 0.1) is 6.54 Å². The second-order valence-corrected chi connectivity index (χ2v) is 6.15. The molecule has 0 aliphatic heterocycles. The maximum atomic E-state index is 11.8. The van der Waals surface area contributed by atoms with Gasteiger partial charge >= 0.3 is 0 Å². The minimum absolute atomic E-state index is 0.0792. The molecule has 0 saturated carbocycles. The number of carbonyl (C=O) groups is 2. The van der Waals surface area contributed by atoms with Crippen LogP contribution >= 0.6 is 0 Å². The summed E-state index contributed by atoms with van der Waals surface area (Å²) < 4.78 is 0. The highest BCUT2D eigenvalue weighted by Gasteiger charge is 2.11. The zero-order valence-electron chi connectivity index (χ0n) is 14.1. The van der Waals surface area contributed by atoms with Gasteiger partial charge in [-0.15, -0.1) is 0 Å². The Bertz CT molecular complexity index is 573. The van der Waals surface area contributed by atoms with E-state index in [2.05, 4.69) is 41.7 Å². The molecule has 0 bridgehead atoms. The second kappa shape index (κ2) is 8.17. The first-order valence-electron chi connectivity index (χ1n) is 7.35. The first-order valence-corrected chi connectivity index (χ1v) is 7.35. The standard InChI is InChI=1S/C16H25N5O2/c1-16(2,3)21-15(18-4)20-9-11-5-7-12(8-6-11)14(23)19-10-13(17)22/h5-8H,9-10H2,1-4H3,(H2,17,22)(H,19,23)(H2,18,20,21). The molecule has 0 aromatic heterocycles. The number of benzene rings is 1. The van der Waals surface area contributed by atoms with Crippen LogP contribution in [0.25, 0.3) is 0 Å². The summed E-state index contributed by atoms with van der Waals surface area (Å²) in [6.07, 6.45) is 0. The van der Waals surface area contributed by atoms with Crippen LogP contribution in [0.1, 0.15) is 36.7 Å². The average molecular weight is 319 g/mol. The largest absolute Gasteiger partial charge is 0.368 e. The van der Waals surface area contributed by atoms with Crippen molar-refractivity contribution in [2.75, 3.05) is 13.6 Å². The van der Waals surface area contributed by atoms with Crippen LogP contribution in [0.4, 0.5) is 0 Å². The molecule has 0 atom stereocenters. The number of aliphatic imine (C=N–C) groups is 1. The van der Waals surface area contributed by atoms with Crippen LogP contribution in [-0.2, 0) is 11.3 Å². The second-order valence-electron chi connectivity index (χ2n) is 6.15. The van der Waals surface area contributed by atoms with E-state index >= 15 is 0 Å². The zero-order chi connectivity index (χ0) is 17.5. The number of guanidine groups is 1. The lowest BCUT2D eigenvalue weighted by Gasteiger charge is -2.23. The maximum absolute atomic E-state index is 11.8. The molecule has 0 saturated heterocycles. The Balaban J connectivity index is 2.57. The molecule has 7 nitrogen and oxygen atoms in total. The van der Waals surface area contributed by atoms with Gasteiger partial charge in [-0.3, -0.25) is 14.6 Å². The van der Waals surface area contributed by atoms with Gasteiger partial charge in [0, 0.05) is 24.7 Å². The van der Waals surface area contributed by atoms with Crippen LogP contribution in [0.15, 0.2) is 29.3 Å². The molecule has 0 radical (unpaired) electrons. The Hall–Kier alpha value is -2.57. The van der Waals surface area contributed by atoms with Crippen LogP contribution in [0.3, 0.4) is 0 Å². The highest BCUT2D eigenvalue weighted by Crippen LogP contribution is 2.05. The third kappa shape index (κ3) is 7.30. The van der Waals surface area contributed by atoms with Gasteiger partial charge in [0.2, 0.25) is 5.91 Å². The van der Waals surface area contributed by atoms with Crippen molar-refractivity contribution in [3.05, 3.63) is 35.4 Å². The van der Waals surface area contributed by atoms with E-state index in [0.29, 0.717) is 18.1 Å². The molecule has 0 aliphatic rings. The van der Waals surface area contributed by atoms with E-state index in [9.17, 15) is 9.59 Å². The van der Waals surface area contributed by atoms with Crippen molar-refractivity contribution in [3.63, 3.8) is 0 Å². The van der Waals surface area contributed by atoms with Crippen molar-refractivity contribution in [3.8, 4) is 0 Å².